The lowest BCUT2D eigenvalue weighted by Crippen LogP contribution is -2.22. The van der Waals surface area contributed by atoms with Crippen LogP contribution in [0.15, 0.2) is 29.6 Å². The molecule has 2 aromatic rings. The number of aromatic nitrogens is 1. The highest BCUT2D eigenvalue weighted by Gasteiger charge is 2.40. The third-order valence-electron chi connectivity index (χ3n) is 5.81. The van der Waals surface area contributed by atoms with Crippen LogP contribution < -0.4 is 4.90 Å². The zero-order valence-electron chi connectivity index (χ0n) is 15.8. The molecule has 0 spiro atoms. The number of halogens is 1. The van der Waals surface area contributed by atoms with Gasteiger partial charge in [0.2, 0.25) is 5.91 Å². The van der Waals surface area contributed by atoms with Crippen LogP contribution in [-0.4, -0.2) is 16.9 Å². The van der Waals surface area contributed by atoms with Gasteiger partial charge in [-0.3, -0.25) is 14.5 Å². The summed E-state index contributed by atoms with van der Waals surface area (Å²) in [7, 11) is 0. The van der Waals surface area contributed by atoms with Gasteiger partial charge in [0, 0.05) is 23.7 Å². The minimum Gasteiger partial charge on any atom is -0.459 e. The first kappa shape index (κ1) is 19.4. The van der Waals surface area contributed by atoms with Crippen LogP contribution in [0.4, 0.5) is 10.8 Å². The zero-order valence-corrected chi connectivity index (χ0v) is 17.3. The molecule has 1 amide bonds. The monoisotopic (exact) mass is 418 g/mol. The molecule has 1 aromatic heterocycles. The molecule has 4 rings (SSSR count). The van der Waals surface area contributed by atoms with E-state index in [9.17, 15) is 9.59 Å². The second kappa shape index (κ2) is 8.21. The first-order valence-corrected chi connectivity index (χ1v) is 10.9. The van der Waals surface area contributed by atoms with Crippen molar-refractivity contribution in [3.8, 4) is 0 Å². The molecule has 148 valence electrons. The second-order valence-electron chi connectivity index (χ2n) is 7.76. The van der Waals surface area contributed by atoms with Crippen LogP contribution in [0.2, 0.25) is 5.02 Å². The van der Waals surface area contributed by atoms with E-state index in [2.05, 4.69) is 4.98 Å². The summed E-state index contributed by atoms with van der Waals surface area (Å²) < 4.78 is 5.46. The molecule has 2 saturated carbocycles. The van der Waals surface area contributed by atoms with Crippen LogP contribution in [-0.2, 0) is 20.9 Å². The zero-order chi connectivity index (χ0) is 19.7. The van der Waals surface area contributed by atoms with Gasteiger partial charge in [-0.2, -0.15) is 0 Å². The normalized spacial score (nSPS) is 23.0. The molecule has 7 heteroatoms. The predicted octanol–water partition coefficient (Wildman–Crippen LogP) is 5.35. The summed E-state index contributed by atoms with van der Waals surface area (Å²) in [6.45, 7) is 1.62. The number of nitrogens with zero attached hydrogens (tertiary/aromatic N) is 2. The van der Waals surface area contributed by atoms with E-state index in [0.717, 1.165) is 5.92 Å². The van der Waals surface area contributed by atoms with Gasteiger partial charge in [0.25, 0.3) is 0 Å². The van der Waals surface area contributed by atoms with Crippen LogP contribution >= 0.6 is 22.9 Å². The molecule has 0 radical (unpaired) electrons. The highest BCUT2D eigenvalue weighted by atomic mass is 35.5. The van der Waals surface area contributed by atoms with Gasteiger partial charge < -0.3 is 4.74 Å². The summed E-state index contributed by atoms with van der Waals surface area (Å²) in [6, 6.07) is 7.08. The average molecular weight is 419 g/mol. The van der Waals surface area contributed by atoms with E-state index < -0.39 is 0 Å². The van der Waals surface area contributed by atoms with Crippen molar-refractivity contribution in [1.82, 2.24) is 4.98 Å². The van der Waals surface area contributed by atoms with Crippen molar-refractivity contribution in [2.75, 3.05) is 4.90 Å². The summed E-state index contributed by atoms with van der Waals surface area (Å²) in [5.74, 6) is 1.73. The van der Waals surface area contributed by atoms with Gasteiger partial charge in [-0.05, 0) is 55.2 Å². The SMILES string of the molecule is CC(=O)N(c1cccc(Cl)c1)c1nc(COC(=O)C[C@@H]2C[C@@H]3CC[C@@H]2C3)cs1. The summed E-state index contributed by atoms with van der Waals surface area (Å²) in [5.41, 5.74) is 1.31. The molecule has 0 N–H and O–H groups in total. The standard InChI is InChI=1S/C21H23ClN2O3S/c1-13(25)24(19-4-2-3-17(22)10-19)21-23-18(12-28-21)11-27-20(26)9-16-8-14-5-6-15(16)7-14/h2-4,10,12,14-16H,5-9,11H2,1H3/t14-,15-,16+/m1/s1. The maximum absolute atomic E-state index is 12.2. The Labute approximate surface area is 173 Å². The van der Waals surface area contributed by atoms with Gasteiger partial charge in [0.15, 0.2) is 5.13 Å². The van der Waals surface area contributed by atoms with Gasteiger partial charge >= 0.3 is 5.97 Å². The van der Waals surface area contributed by atoms with E-state index in [1.165, 1.54) is 48.8 Å². The molecule has 1 aromatic carbocycles. The minimum atomic E-state index is -0.156. The molecule has 0 unspecified atom stereocenters. The number of carbonyl (C=O) groups excluding carboxylic acids is 2. The van der Waals surface area contributed by atoms with E-state index in [1.54, 1.807) is 18.2 Å². The van der Waals surface area contributed by atoms with Crippen molar-refractivity contribution in [1.29, 1.82) is 0 Å². The van der Waals surface area contributed by atoms with Gasteiger partial charge in [0.05, 0.1) is 11.4 Å². The lowest BCUT2D eigenvalue weighted by atomic mass is 9.86. The Hall–Kier alpha value is -1.92. The maximum atomic E-state index is 12.2. The van der Waals surface area contributed by atoms with E-state index in [1.807, 2.05) is 11.4 Å². The number of benzene rings is 1. The van der Waals surface area contributed by atoms with E-state index in [-0.39, 0.29) is 18.5 Å². The fraction of sp³-hybridized carbons (Fsp3) is 0.476. The number of fused-ring (bicyclic) bond motifs is 2. The molecule has 2 bridgehead atoms. The van der Waals surface area contributed by atoms with Crippen molar-refractivity contribution in [3.05, 3.63) is 40.4 Å². The average Bonchev–Trinajstić information content (AvgIpc) is 3.37. The number of hydrogen-bond donors (Lipinski definition) is 0. The highest BCUT2D eigenvalue weighted by Crippen LogP contribution is 2.49. The van der Waals surface area contributed by atoms with Crippen LogP contribution in [0, 0.1) is 17.8 Å². The Bertz CT molecular complexity index is 884. The van der Waals surface area contributed by atoms with E-state index in [0.29, 0.717) is 39.8 Å². The van der Waals surface area contributed by atoms with E-state index >= 15 is 0 Å². The fourth-order valence-electron chi connectivity index (χ4n) is 4.56. The molecule has 28 heavy (non-hydrogen) atoms. The van der Waals surface area contributed by atoms with Crippen molar-refractivity contribution in [2.24, 2.45) is 17.8 Å². The molecule has 1 heterocycles. The lowest BCUT2D eigenvalue weighted by Gasteiger charge is -2.20. The Kier molecular flexibility index (Phi) is 5.69. The van der Waals surface area contributed by atoms with Crippen molar-refractivity contribution < 1.29 is 14.3 Å². The number of esters is 1. The highest BCUT2D eigenvalue weighted by molar-refractivity contribution is 7.14. The maximum Gasteiger partial charge on any atom is 0.306 e. The summed E-state index contributed by atoms with van der Waals surface area (Å²) >= 11 is 7.39. The molecule has 3 atom stereocenters. The van der Waals surface area contributed by atoms with Crippen LogP contribution in [0.25, 0.3) is 0 Å². The summed E-state index contributed by atoms with van der Waals surface area (Å²) in [6.07, 6.45) is 5.57. The smallest absolute Gasteiger partial charge is 0.306 e. The third-order valence-corrected chi connectivity index (χ3v) is 6.92. The predicted molar refractivity (Wildman–Crippen MR) is 110 cm³/mol. The Morgan fingerprint density at radius 3 is 2.86 bits per heavy atom. The second-order valence-corrected chi connectivity index (χ2v) is 9.03. The van der Waals surface area contributed by atoms with Crippen molar-refractivity contribution in [3.63, 3.8) is 0 Å². The number of anilines is 2. The fourth-order valence-corrected chi connectivity index (χ4v) is 5.62. The van der Waals surface area contributed by atoms with Gasteiger partial charge in [-0.1, -0.05) is 24.1 Å². The Balaban J connectivity index is 1.36. The molecule has 2 fully saturated rings. The number of rotatable bonds is 6. The van der Waals surface area contributed by atoms with Crippen LogP contribution in [0.3, 0.4) is 0 Å². The summed E-state index contributed by atoms with van der Waals surface area (Å²) in [5, 5.41) is 2.91. The molecule has 0 aliphatic heterocycles. The molecular formula is C21H23ClN2O3S. The molecule has 5 nitrogen and oxygen atoms in total. The number of carbonyl (C=O) groups is 2. The van der Waals surface area contributed by atoms with Crippen molar-refractivity contribution >= 4 is 45.6 Å². The van der Waals surface area contributed by atoms with Gasteiger partial charge in [-0.25, -0.2) is 4.98 Å². The Morgan fingerprint density at radius 1 is 1.32 bits per heavy atom. The first-order chi connectivity index (χ1) is 13.5. The van der Waals surface area contributed by atoms with Gasteiger partial charge in [-0.15, -0.1) is 11.3 Å². The topological polar surface area (TPSA) is 59.5 Å². The summed E-state index contributed by atoms with van der Waals surface area (Å²) in [4.78, 5) is 30.4. The number of amides is 1. The third kappa shape index (κ3) is 4.23. The van der Waals surface area contributed by atoms with Crippen LogP contribution in [0.5, 0.6) is 0 Å². The lowest BCUT2D eigenvalue weighted by molar-refractivity contribution is -0.146. The van der Waals surface area contributed by atoms with Crippen molar-refractivity contribution in [2.45, 2.75) is 45.6 Å². The molecule has 2 aliphatic rings. The quantitative estimate of drug-likeness (QED) is 0.593. The molecule has 2 aliphatic carbocycles. The van der Waals surface area contributed by atoms with Gasteiger partial charge in [0.1, 0.15) is 6.61 Å². The van der Waals surface area contributed by atoms with E-state index in [4.69, 9.17) is 16.3 Å². The Morgan fingerprint density at radius 2 is 2.18 bits per heavy atom. The number of thiazole rings is 1. The van der Waals surface area contributed by atoms with Crippen LogP contribution in [0.1, 0.15) is 44.7 Å². The number of ether oxygens (including phenoxy) is 1. The first-order valence-electron chi connectivity index (χ1n) is 9.66. The largest absolute Gasteiger partial charge is 0.459 e. The number of hydrogen-bond acceptors (Lipinski definition) is 5. The minimum absolute atomic E-state index is 0.136. The molecule has 0 saturated heterocycles. The molecular weight excluding hydrogens is 396 g/mol.